The van der Waals surface area contributed by atoms with Gasteiger partial charge in [-0.1, -0.05) is 30.1 Å². The number of rotatable bonds is 6. The Morgan fingerprint density at radius 1 is 1.24 bits per heavy atom. The minimum absolute atomic E-state index is 0.310. The van der Waals surface area contributed by atoms with Gasteiger partial charge in [-0.2, -0.15) is 0 Å². The van der Waals surface area contributed by atoms with Crippen molar-refractivity contribution < 1.29 is 9.15 Å². The molecule has 1 aromatic carbocycles. The van der Waals surface area contributed by atoms with Crippen LogP contribution in [0.25, 0.3) is 0 Å². The first-order valence-electron chi connectivity index (χ1n) is 6.57. The summed E-state index contributed by atoms with van der Waals surface area (Å²) in [5.41, 5.74) is 1.13. The van der Waals surface area contributed by atoms with Crippen LogP contribution in [0.4, 0.5) is 0 Å². The second-order valence-corrected chi connectivity index (χ2v) is 6.23. The second-order valence-electron chi connectivity index (χ2n) is 4.56. The van der Waals surface area contributed by atoms with Crippen molar-refractivity contribution in [2.24, 2.45) is 0 Å². The van der Waals surface area contributed by atoms with Crippen LogP contribution in [-0.2, 0) is 13.2 Å². The van der Waals surface area contributed by atoms with E-state index >= 15 is 0 Å². The molecule has 1 N–H and O–H groups in total. The normalized spacial score (nSPS) is 10.9. The zero-order chi connectivity index (χ0) is 15.4. The van der Waals surface area contributed by atoms with E-state index in [4.69, 9.17) is 32.4 Å². The van der Waals surface area contributed by atoms with Gasteiger partial charge >= 0.3 is 0 Å². The van der Waals surface area contributed by atoms with Gasteiger partial charge in [0.1, 0.15) is 23.9 Å². The zero-order valence-electron chi connectivity index (χ0n) is 11.8. The molecule has 6 heteroatoms. The molecular formula is C15H16BrCl2NO2. The van der Waals surface area contributed by atoms with Gasteiger partial charge in [0.05, 0.1) is 10.0 Å². The van der Waals surface area contributed by atoms with E-state index in [-0.39, 0.29) is 0 Å². The molecule has 0 fully saturated rings. The highest BCUT2D eigenvalue weighted by Crippen LogP contribution is 2.34. The summed E-state index contributed by atoms with van der Waals surface area (Å²) in [6.45, 7) is 6.03. The molecule has 0 amide bonds. The Kier molecular flexibility index (Phi) is 5.99. The first-order chi connectivity index (χ1) is 10.0. The fourth-order valence-electron chi connectivity index (χ4n) is 1.86. The molecule has 114 valence electrons. The van der Waals surface area contributed by atoms with E-state index in [0.29, 0.717) is 22.4 Å². The van der Waals surface area contributed by atoms with Crippen LogP contribution in [-0.4, -0.2) is 6.54 Å². The molecule has 0 atom stereocenters. The van der Waals surface area contributed by atoms with Crippen LogP contribution < -0.4 is 10.1 Å². The smallest absolute Gasteiger partial charge is 0.146 e. The first kappa shape index (κ1) is 16.7. The summed E-state index contributed by atoms with van der Waals surface area (Å²) in [6, 6.07) is 5.39. The van der Waals surface area contributed by atoms with Crippen molar-refractivity contribution in [3.8, 4) is 5.75 Å². The van der Waals surface area contributed by atoms with Gasteiger partial charge in [-0.15, -0.1) is 0 Å². The summed E-state index contributed by atoms with van der Waals surface area (Å²) < 4.78 is 12.1. The Morgan fingerprint density at radius 3 is 2.71 bits per heavy atom. The van der Waals surface area contributed by atoms with Crippen LogP contribution in [0, 0.1) is 6.92 Å². The molecule has 3 nitrogen and oxygen atoms in total. The quantitative estimate of drug-likeness (QED) is 0.673. The highest BCUT2D eigenvalue weighted by molar-refractivity contribution is 9.10. The summed E-state index contributed by atoms with van der Waals surface area (Å²) in [5, 5.41) is 4.33. The molecule has 0 aliphatic rings. The average molecular weight is 393 g/mol. The van der Waals surface area contributed by atoms with E-state index in [1.165, 1.54) is 0 Å². The largest absolute Gasteiger partial charge is 0.484 e. The third kappa shape index (κ3) is 4.39. The van der Waals surface area contributed by atoms with Gasteiger partial charge in [0.25, 0.3) is 0 Å². The molecule has 2 rings (SSSR count). The summed E-state index contributed by atoms with van der Waals surface area (Å²) in [6.07, 6.45) is 0. The lowest BCUT2D eigenvalue weighted by Crippen LogP contribution is -2.11. The van der Waals surface area contributed by atoms with E-state index < -0.39 is 0 Å². The van der Waals surface area contributed by atoms with Crippen LogP contribution in [0.2, 0.25) is 10.0 Å². The predicted octanol–water partition coefficient (Wildman–Crippen LogP) is 5.35. The molecule has 0 aliphatic heterocycles. The minimum atomic E-state index is 0.310. The maximum absolute atomic E-state index is 6.12. The molecule has 2 aromatic rings. The Bertz CT molecular complexity index is 628. The van der Waals surface area contributed by atoms with Crippen LogP contribution in [0.1, 0.15) is 24.0 Å². The van der Waals surface area contributed by atoms with Gasteiger partial charge in [0, 0.05) is 22.6 Å². The van der Waals surface area contributed by atoms with E-state index in [2.05, 4.69) is 28.2 Å². The van der Waals surface area contributed by atoms with Crippen molar-refractivity contribution >= 4 is 39.1 Å². The fourth-order valence-corrected chi connectivity index (χ4v) is 2.70. The van der Waals surface area contributed by atoms with E-state index in [1.807, 2.05) is 13.0 Å². The molecule has 0 bridgehead atoms. The number of aryl methyl sites for hydroxylation is 1. The summed E-state index contributed by atoms with van der Waals surface area (Å²) in [5.74, 6) is 2.19. The Balaban J connectivity index is 2.05. The average Bonchev–Trinajstić information content (AvgIpc) is 2.79. The molecule has 21 heavy (non-hydrogen) atoms. The molecule has 1 heterocycles. The fraction of sp³-hybridized carbons (Fsp3) is 0.333. The van der Waals surface area contributed by atoms with Gasteiger partial charge in [-0.3, -0.25) is 0 Å². The van der Waals surface area contributed by atoms with Crippen LogP contribution >= 0.6 is 39.1 Å². The van der Waals surface area contributed by atoms with Crippen molar-refractivity contribution in [1.82, 2.24) is 5.32 Å². The van der Waals surface area contributed by atoms with Crippen LogP contribution in [0.3, 0.4) is 0 Å². The van der Waals surface area contributed by atoms with Crippen molar-refractivity contribution in [2.75, 3.05) is 6.54 Å². The zero-order valence-corrected chi connectivity index (χ0v) is 14.9. The Hall–Kier alpha value is -0.680. The summed E-state index contributed by atoms with van der Waals surface area (Å²) in [7, 11) is 0. The van der Waals surface area contributed by atoms with Crippen molar-refractivity contribution in [3.63, 3.8) is 0 Å². The van der Waals surface area contributed by atoms with E-state index in [0.717, 1.165) is 34.6 Å². The molecule has 0 spiro atoms. The number of benzene rings is 1. The number of furan rings is 1. The highest BCUT2D eigenvalue weighted by Gasteiger charge is 2.10. The van der Waals surface area contributed by atoms with E-state index in [1.54, 1.807) is 12.1 Å². The monoisotopic (exact) mass is 391 g/mol. The SMILES string of the molecule is CCNCc1cc(COc2cc(Cl)c(Br)cc2Cl)oc1C. The summed E-state index contributed by atoms with van der Waals surface area (Å²) in [4.78, 5) is 0. The molecule has 0 saturated carbocycles. The lowest BCUT2D eigenvalue weighted by molar-refractivity contribution is 0.267. The second kappa shape index (κ2) is 7.54. The van der Waals surface area contributed by atoms with Gasteiger partial charge in [0.2, 0.25) is 0 Å². The highest BCUT2D eigenvalue weighted by atomic mass is 79.9. The number of nitrogens with one attached hydrogen (secondary N) is 1. The van der Waals surface area contributed by atoms with E-state index in [9.17, 15) is 0 Å². The van der Waals surface area contributed by atoms with Gasteiger partial charge < -0.3 is 14.5 Å². The van der Waals surface area contributed by atoms with Crippen LogP contribution in [0.5, 0.6) is 5.75 Å². The number of halogens is 3. The lowest BCUT2D eigenvalue weighted by Gasteiger charge is -2.08. The first-order valence-corrected chi connectivity index (χ1v) is 8.12. The molecule has 0 aliphatic carbocycles. The molecule has 1 aromatic heterocycles. The van der Waals surface area contributed by atoms with Crippen LogP contribution in [0.15, 0.2) is 27.1 Å². The Morgan fingerprint density at radius 2 is 2.00 bits per heavy atom. The minimum Gasteiger partial charge on any atom is -0.484 e. The van der Waals surface area contributed by atoms with Gasteiger partial charge in [-0.05, 0) is 41.5 Å². The topological polar surface area (TPSA) is 34.4 Å². The molecule has 0 radical (unpaired) electrons. The summed E-state index contributed by atoms with van der Waals surface area (Å²) >= 11 is 15.5. The molecule has 0 unspecified atom stereocenters. The van der Waals surface area contributed by atoms with Gasteiger partial charge in [0.15, 0.2) is 0 Å². The van der Waals surface area contributed by atoms with Crippen molar-refractivity contribution in [1.29, 1.82) is 0 Å². The third-order valence-corrected chi connectivity index (χ3v) is 4.47. The van der Waals surface area contributed by atoms with Crippen molar-refractivity contribution in [3.05, 3.63) is 49.8 Å². The molecule has 0 saturated heterocycles. The van der Waals surface area contributed by atoms with Gasteiger partial charge in [-0.25, -0.2) is 0 Å². The third-order valence-electron chi connectivity index (χ3n) is 2.98. The Labute approximate surface area is 142 Å². The predicted molar refractivity (Wildman–Crippen MR) is 89.3 cm³/mol. The molecular weight excluding hydrogens is 377 g/mol. The number of hydrogen-bond acceptors (Lipinski definition) is 3. The standard InChI is InChI=1S/C15H16BrCl2NO2/c1-3-19-7-10-4-11(21-9(10)2)8-20-15-6-13(17)12(16)5-14(15)18/h4-6,19H,3,7-8H2,1-2H3. The number of ether oxygens (including phenoxy) is 1. The number of hydrogen-bond donors (Lipinski definition) is 1. The lowest BCUT2D eigenvalue weighted by atomic mass is 10.2. The maximum atomic E-state index is 6.12. The maximum Gasteiger partial charge on any atom is 0.146 e. The van der Waals surface area contributed by atoms with Crippen molar-refractivity contribution in [2.45, 2.75) is 27.0 Å².